The SMILES string of the molecule is CCC(N)(CC)CNC(=O)c1ccc(N)c([N+](=O)[O-])c1.Cl. The van der Waals surface area contributed by atoms with Crippen LogP contribution >= 0.6 is 12.4 Å². The number of carbonyl (C=O) groups excluding carboxylic acids is 1. The molecule has 1 amide bonds. The zero-order valence-electron chi connectivity index (χ0n) is 12.1. The van der Waals surface area contributed by atoms with Crippen LogP contribution in [0.3, 0.4) is 0 Å². The highest BCUT2D eigenvalue weighted by Crippen LogP contribution is 2.22. The van der Waals surface area contributed by atoms with E-state index in [0.29, 0.717) is 6.54 Å². The molecule has 0 saturated carbocycles. The minimum absolute atomic E-state index is 0. The number of nitrogen functional groups attached to an aromatic ring is 1. The van der Waals surface area contributed by atoms with E-state index in [0.717, 1.165) is 12.8 Å². The van der Waals surface area contributed by atoms with Crippen LogP contribution in [-0.2, 0) is 0 Å². The summed E-state index contributed by atoms with van der Waals surface area (Å²) in [6.45, 7) is 4.21. The molecule has 0 fully saturated rings. The van der Waals surface area contributed by atoms with Crippen molar-refractivity contribution in [1.82, 2.24) is 5.32 Å². The Labute approximate surface area is 129 Å². The molecule has 0 aromatic heterocycles. The molecule has 8 heteroatoms. The van der Waals surface area contributed by atoms with Gasteiger partial charge in [-0.3, -0.25) is 14.9 Å². The summed E-state index contributed by atoms with van der Waals surface area (Å²) in [7, 11) is 0. The maximum Gasteiger partial charge on any atom is 0.292 e. The van der Waals surface area contributed by atoms with Crippen LogP contribution in [-0.4, -0.2) is 22.9 Å². The van der Waals surface area contributed by atoms with Crippen LogP contribution in [0.1, 0.15) is 37.0 Å². The van der Waals surface area contributed by atoms with Crippen molar-refractivity contribution in [2.24, 2.45) is 5.73 Å². The lowest BCUT2D eigenvalue weighted by Gasteiger charge is -2.26. The first kappa shape index (κ1) is 19.1. The van der Waals surface area contributed by atoms with E-state index in [4.69, 9.17) is 11.5 Å². The molecule has 0 spiro atoms. The molecule has 1 aromatic rings. The second-order valence-corrected chi connectivity index (χ2v) is 4.78. The van der Waals surface area contributed by atoms with Gasteiger partial charge in [0.25, 0.3) is 11.6 Å². The van der Waals surface area contributed by atoms with E-state index in [1.165, 1.54) is 18.2 Å². The first-order valence-electron chi connectivity index (χ1n) is 6.44. The van der Waals surface area contributed by atoms with Crippen LogP contribution in [0.15, 0.2) is 18.2 Å². The Morgan fingerprint density at radius 1 is 1.38 bits per heavy atom. The van der Waals surface area contributed by atoms with E-state index in [9.17, 15) is 14.9 Å². The fraction of sp³-hybridized carbons (Fsp3) is 0.462. The van der Waals surface area contributed by atoms with Crippen LogP contribution in [0.5, 0.6) is 0 Å². The third kappa shape index (κ3) is 4.87. The van der Waals surface area contributed by atoms with Crippen molar-refractivity contribution in [2.45, 2.75) is 32.2 Å². The maximum absolute atomic E-state index is 12.0. The van der Waals surface area contributed by atoms with Gasteiger partial charge in [-0.25, -0.2) is 0 Å². The number of hydrogen-bond acceptors (Lipinski definition) is 5. The Morgan fingerprint density at radius 2 is 1.95 bits per heavy atom. The molecule has 0 atom stereocenters. The van der Waals surface area contributed by atoms with Gasteiger partial charge in [0, 0.05) is 23.7 Å². The molecule has 0 aliphatic carbocycles. The van der Waals surface area contributed by atoms with E-state index in [1.807, 2.05) is 13.8 Å². The van der Waals surface area contributed by atoms with Gasteiger partial charge in [0.15, 0.2) is 0 Å². The molecule has 5 N–H and O–H groups in total. The lowest BCUT2D eigenvalue weighted by Crippen LogP contribution is -2.49. The van der Waals surface area contributed by atoms with E-state index in [1.54, 1.807) is 0 Å². The van der Waals surface area contributed by atoms with E-state index >= 15 is 0 Å². The van der Waals surface area contributed by atoms with Crippen LogP contribution in [0, 0.1) is 10.1 Å². The molecular weight excluding hydrogens is 296 g/mol. The lowest BCUT2D eigenvalue weighted by molar-refractivity contribution is -0.383. The summed E-state index contributed by atoms with van der Waals surface area (Å²) in [6, 6.07) is 3.97. The van der Waals surface area contributed by atoms with Gasteiger partial charge >= 0.3 is 0 Å². The molecule has 0 bridgehead atoms. The predicted molar refractivity (Wildman–Crippen MR) is 84.6 cm³/mol. The number of nitro benzene ring substituents is 1. The number of halogens is 1. The van der Waals surface area contributed by atoms with E-state index < -0.39 is 16.4 Å². The second-order valence-electron chi connectivity index (χ2n) is 4.78. The summed E-state index contributed by atoms with van der Waals surface area (Å²) in [5, 5.41) is 13.5. The topological polar surface area (TPSA) is 124 Å². The van der Waals surface area contributed by atoms with Crippen molar-refractivity contribution < 1.29 is 9.72 Å². The maximum atomic E-state index is 12.0. The normalized spacial score (nSPS) is 10.6. The molecule has 118 valence electrons. The summed E-state index contributed by atoms with van der Waals surface area (Å²) < 4.78 is 0. The molecule has 0 aliphatic rings. The highest BCUT2D eigenvalue weighted by Gasteiger charge is 2.22. The zero-order valence-corrected chi connectivity index (χ0v) is 12.9. The summed E-state index contributed by atoms with van der Waals surface area (Å²) >= 11 is 0. The van der Waals surface area contributed by atoms with Gasteiger partial charge in [0.05, 0.1) is 4.92 Å². The zero-order chi connectivity index (χ0) is 15.3. The molecule has 21 heavy (non-hydrogen) atoms. The smallest absolute Gasteiger partial charge is 0.292 e. The molecule has 0 saturated heterocycles. The number of nitro groups is 1. The van der Waals surface area contributed by atoms with Gasteiger partial charge in [-0.15, -0.1) is 12.4 Å². The van der Waals surface area contributed by atoms with Crippen molar-refractivity contribution in [2.75, 3.05) is 12.3 Å². The highest BCUT2D eigenvalue weighted by molar-refractivity contribution is 5.95. The summed E-state index contributed by atoms with van der Waals surface area (Å²) in [5.74, 6) is -0.398. The van der Waals surface area contributed by atoms with Gasteiger partial charge in [0.1, 0.15) is 5.69 Å². The highest BCUT2D eigenvalue weighted by atomic mass is 35.5. The quantitative estimate of drug-likeness (QED) is 0.419. The fourth-order valence-corrected chi connectivity index (χ4v) is 1.70. The van der Waals surface area contributed by atoms with E-state index in [2.05, 4.69) is 5.32 Å². The van der Waals surface area contributed by atoms with Crippen LogP contribution in [0.25, 0.3) is 0 Å². The predicted octanol–water partition coefficient (Wildman–Crippen LogP) is 1.85. The molecule has 0 radical (unpaired) electrons. The molecule has 1 aromatic carbocycles. The minimum Gasteiger partial charge on any atom is -0.393 e. The van der Waals surface area contributed by atoms with Crippen molar-refractivity contribution in [3.05, 3.63) is 33.9 Å². The molecule has 1 rings (SSSR count). The first-order chi connectivity index (χ1) is 9.33. The van der Waals surface area contributed by atoms with Crippen LogP contribution in [0.2, 0.25) is 0 Å². The Balaban J connectivity index is 0.00000400. The molecule has 0 heterocycles. The van der Waals surface area contributed by atoms with Crippen molar-refractivity contribution >= 4 is 29.7 Å². The average Bonchev–Trinajstić information content (AvgIpc) is 2.44. The van der Waals surface area contributed by atoms with Gasteiger partial charge < -0.3 is 16.8 Å². The van der Waals surface area contributed by atoms with Gasteiger partial charge in [-0.05, 0) is 25.0 Å². The number of benzene rings is 1. The Hall–Kier alpha value is -1.86. The first-order valence-corrected chi connectivity index (χ1v) is 6.44. The van der Waals surface area contributed by atoms with Crippen LogP contribution in [0.4, 0.5) is 11.4 Å². The fourth-order valence-electron chi connectivity index (χ4n) is 1.70. The third-order valence-electron chi connectivity index (χ3n) is 3.50. The standard InChI is InChI=1S/C13H20N4O3.ClH/c1-3-13(15,4-2)8-16-12(18)9-5-6-10(14)11(7-9)17(19)20;/h5-7H,3-4,8,14-15H2,1-2H3,(H,16,18);1H. The number of carbonyl (C=O) groups is 1. The Morgan fingerprint density at radius 3 is 2.43 bits per heavy atom. The Kier molecular flexibility index (Phi) is 7.11. The van der Waals surface area contributed by atoms with Gasteiger partial charge in [-0.2, -0.15) is 0 Å². The van der Waals surface area contributed by atoms with E-state index in [-0.39, 0.29) is 29.3 Å². The van der Waals surface area contributed by atoms with Crippen molar-refractivity contribution in [3.8, 4) is 0 Å². The average molecular weight is 317 g/mol. The lowest BCUT2D eigenvalue weighted by atomic mass is 9.94. The van der Waals surface area contributed by atoms with Gasteiger partial charge in [-0.1, -0.05) is 13.8 Å². The number of nitrogens with one attached hydrogen (secondary N) is 1. The Bertz CT molecular complexity index is 518. The minimum atomic E-state index is -0.614. The second kappa shape index (κ2) is 7.80. The van der Waals surface area contributed by atoms with Crippen LogP contribution < -0.4 is 16.8 Å². The number of nitrogens with zero attached hydrogens (tertiary/aromatic N) is 1. The molecule has 0 aliphatic heterocycles. The van der Waals surface area contributed by atoms with Crippen molar-refractivity contribution in [3.63, 3.8) is 0 Å². The number of amides is 1. The number of nitrogens with two attached hydrogens (primary N) is 2. The number of hydrogen-bond donors (Lipinski definition) is 3. The molecule has 7 nitrogen and oxygen atoms in total. The largest absolute Gasteiger partial charge is 0.393 e. The third-order valence-corrected chi connectivity index (χ3v) is 3.50. The summed E-state index contributed by atoms with van der Waals surface area (Å²) in [4.78, 5) is 22.1. The molecule has 0 unspecified atom stereocenters. The number of anilines is 1. The van der Waals surface area contributed by atoms with Gasteiger partial charge in [0.2, 0.25) is 0 Å². The monoisotopic (exact) mass is 316 g/mol. The van der Waals surface area contributed by atoms with Crippen molar-refractivity contribution in [1.29, 1.82) is 0 Å². The number of rotatable bonds is 6. The molecular formula is C13H21ClN4O3. The summed E-state index contributed by atoms with van der Waals surface area (Å²) in [6.07, 6.45) is 1.46. The summed E-state index contributed by atoms with van der Waals surface area (Å²) in [5.41, 5.74) is 11.1.